The second-order valence-electron chi connectivity index (χ2n) is 16.2. The van der Waals surface area contributed by atoms with Gasteiger partial charge in [-0.1, -0.05) is 30.3 Å². The fraction of sp³-hybridized carbons (Fsp3) is 0.553. The van der Waals surface area contributed by atoms with E-state index in [-0.39, 0.29) is 42.8 Å². The molecule has 1 fully saturated rings. The number of benzene rings is 2. The molecule has 0 N–H and O–H groups in total. The van der Waals surface area contributed by atoms with Crippen molar-refractivity contribution in [2.45, 2.75) is 117 Å². The molecule has 0 radical (unpaired) electrons. The Morgan fingerprint density at radius 2 is 1.48 bits per heavy atom. The topological polar surface area (TPSA) is 138 Å². The van der Waals surface area contributed by atoms with Crippen LogP contribution in [0.1, 0.15) is 61.8 Å². The smallest absolute Gasteiger partial charge is 0.497 e. The van der Waals surface area contributed by atoms with Crippen LogP contribution < -0.4 is 16.0 Å². The van der Waals surface area contributed by atoms with Crippen LogP contribution in [0.25, 0.3) is 0 Å². The Balaban J connectivity index is 1.76. The van der Waals surface area contributed by atoms with Crippen LogP contribution in [0.4, 0.5) is 0 Å². The molecule has 1 saturated heterocycles. The van der Waals surface area contributed by atoms with E-state index in [0.29, 0.717) is 10.3 Å². The molecule has 0 spiro atoms. The van der Waals surface area contributed by atoms with E-state index in [9.17, 15) is 14.4 Å². The summed E-state index contributed by atoms with van der Waals surface area (Å²) in [6, 6.07) is 16.1. The van der Waals surface area contributed by atoms with Gasteiger partial charge in [-0.05, 0) is 104 Å². The van der Waals surface area contributed by atoms with E-state index < -0.39 is 69.8 Å². The third-order valence-electron chi connectivity index (χ3n) is 8.49. The lowest BCUT2D eigenvalue weighted by molar-refractivity contribution is -0.0636. The quantitative estimate of drug-likeness (QED) is 0.0903. The molecule has 1 aromatic heterocycles. The fourth-order valence-electron chi connectivity index (χ4n) is 6.22. The van der Waals surface area contributed by atoms with Gasteiger partial charge in [0.2, 0.25) is 0 Å². The van der Waals surface area contributed by atoms with Gasteiger partial charge in [0.1, 0.15) is 18.1 Å². The van der Waals surface area contributed by atoms with Crippen LogP contribution >= 0.6 is 8.53 Å². The molecule has 4 rings (SSSR count). The number of nitrogens with zero attached hydrogens (tertiary/aromatic N) is 3. The molecule has 0 amide bonds. The Bertz CT molecular complexity index is 1840. The monoisotopic (exact) mass is 849 g/mol. The lowest BCUT2D eigenvalue weighted by atomic mass is 10.2. The first-order valence-corrected chi connectivity index (χ1v) is 28.5. The van der Waals surface area contributed by atoms with Gasteiger partial charge in [0.05, 0.1) is 26.4 Å². The van der Waals surface area contributed by atoms with Crippen molar-refractivity contribution in [3.05, 3.63) is 98.3 Å². The summed E-state index contributed by atoms with van der Waals surface area (Å²) in [4.78, 5) is 41.2. The third kappa shape index (κ3) is 12.2. The molecule has 56 heavy (non-hydrogen) atoms. The predicted octanol–water partition coefficient (Wildman–Crippen LogP) is 7.05. The van der Waals surface area contributed by atoms with Gasteiger partial charge >= 0.3 is 14.7 Å². The van der Waals surface area contributed by atoms with Gasteiger partial charge in [0.25, 0.3) is 20.0 Å². The van der Waals surface area contributed by atoms with Gasteiger partial charge in [-0.15, -0.1) is 0 Å². The number of carbonyl (C=O) groups excluding carboxylic acids is 1. The van der Waals surface area contributed by atoms with Crippen molar-refractivity contribution >= 4 is 40.1 Å². The average Bonchev–Trinajstić information content (AvgIpc) is 3.52. The molecule has 0 saturated carbocycles. The summed E-state index contributed by atoms with van der Waals surface area (Å²) in [7, 11) is -7.01. The second kappa shape index (κ2) is 19.4. The normalized spacial score (nSPS) is 18.6. The standard InChI is InChI=1S/C38H60N3O11PSi3/c1-27(2)41(28(3)4)53(46-7)50-33-23-35(39-24-29(5)36(42)40(38(39)44)37(43)31-19-21-32(45-6)22-20-31)49-34(33)26-48-56(51-54(8,9)10,52-55(11,12)13)47-25-30-17-15-14-16-18-30/h14-22,24,27-28,33-35H,23,25-26H2,1-13H3/t33-,34+,35+,53?/m0/s1. The Morgan fingerprint density at radius 1 is 0.893 bits per heavy atom. The molecular formula is C38H60N3O11PSi3. The zero-order chi connectivity index (χ0) is 41.6. The average molecular weight is 850 g/mol. The van der Waals surface area contributed by atoms with E-state index in [1.54, 1.807) is 26.2 Å². The van der Waals surface area contributed by atoms with Crippen molar-refractivity contribution in [3.8, 4) is 5.75 Å². The van der Waals surface area contributed by atoms with Crippen LogP contribution in [-0.2, 0) is 37.5 Å². The van der Waals surface area contributed by atoms with Gasteiger partial charge in [-0.25, -0.2) is 9.46 Å². The number of aromatic nitrogens is 2. The summed E-state index contributed by atoms with van der Waals surface area (Å²) >= 11 is 0. The molecular weight excluding hydrogens is 790 g/mol. The van der Waals surface area contributed by atoms with Gasteiger partial charge in [0.15, 0.2) is 16.6 Å². The molecule has 14 nitrogen and oxygen atoms in total. The van der Waals surface area contributed by atoms with Crippen molar-refractivity contribution < 1.29 is 40.4 Å². The molecule has 0 aliphatic carbocycles. The van der Waals surface area contributed by atoms with Crippen LogP contribution in [0, 0.1) is 6.92 Å². The number of hydrogen-bond acceptors (Lipinski definition) is 12. The number of hydrogen-bond donors (Lipinski definition) is 0. The second-order valence-corrected chi connectivity index (χ2v) is 29.4. The van der Waals surface area contributed by atoms with Crippen molar-refractivity contribution in [1.29, 1.82) is 0 Å². The third-order valence-corrected chi connectivity index (χ3v) is 18.5. The Hall–Kier alpha value is -2.65. The highest BCUT2D eigenvalue weighted by atomic mass is 31.2. The van der Waals surface area contributed by atoms with Crippen LogP contribution in [0.15, 0.2) is 70.4 Å². The van der Waals surface area contributed by atoms with E-state index in [1.165, 1.54) is 30.0 Å². The first kappa shape index (κ1) is 46.0. The summed E-state index contributed by atoms with van der Waals surface area (Å²) in [6.45, 7) is 22.3. The Labute approximate surface area is 335 Å². The molecule has 310 valence electrons. The minimum absolute atomic E-state index is 0.0640. The van der Waals surface area contributed by atoms with E-state index in [1.807, 2.05) is 30.3 Å². The van der Waals surface area contributed by atoms with Gasteiger partial charge in [0, 0.05) is 42.9 Å². The maximum absolute atomic E-state index is 14.2. The van der Waals surface area contributed by atoms with Crippen LogP contribution in [0.2, 0.25) is 39.3 Å². The molecule has 0 bridgehead atoms. The SMILES string of the molecule is COc1ccc(C(=O)n2c(=O)c(C)cn([C@H]3C[C@H](OP(OC)N(C(C)C)C(C)C)[C@@H](CO[Si](OCc4ccccc4)(O[Si](C)(C)C)O[Si](C)(C)C)O3)c2=O)cc1. The summed E-state index contributed by atoms with van der Waals surface area (Å²) in [5.74, 6) is -0.238. The van der Waals surface area contributed by atoms with Crippen LogP contribution in [0.5, 0.6) is 5.75 Å². The minimum Gasteiger partial charge on any atom is -0.497 e. The molecule has 2 heterocycles. The molecule has 1 aliphatic heterocycles. The van der Waals surface area contributed by atoms with Crippen LogP contribution in [-0.4, -0.2) is 90.5 Å². The largest absolute Gasteiger partial charge is 0.658 e. The molecule has 18 heteroatoms. The van der Waals surface area contributed by atoms with Crippen molar-refractivity contribution in [3.63, 3.8) is 0 Å². The van der Waals surface area contributed by atoms with Gasteiger partial charge < -0.3 is 35.6 Å². The molecule has 3 aromatic rings. The first-order chi connectivity index (χ1) is 26.2. The maximum Gasteiger partial charge on any atom is 0.658 e. The highest BCUT2D eigenvalue weighted by Gasteiger charge is 2.53. The number of rotatable bonds is 19. The molecule has 1 unspecified atom stereocenters. The first-order valence-electron chi connectivity index (χ1n) is 18.9. The summed E-state index contributed by atoms with van der Waals surface area (Å²) in [6.07, 6.45) is -0.763. The van der Waals surface area contributed by atoms with Crippen molar-refractivity contribution in [2.24, 2.45) is 0 Å². The van der Waals surface area contributed by atoms with Gasteiger partial charge in [-0.3, -0.25) is 14.2 Å². The lowest BCUT2D eigenvalue weighted by Gasteiger charge is -2.39. The summed E-state index contributed by atoms with van der Waals surface area (Å²) in [5, 5.41) is 0. The zero-order valence-corrected chi connectivity index (χ0v) is 39.0. The van der Waals surface area contributed by atoms with Gasteiger partial charge in [-0.2, -0.15) is 4.57 Å². The maximum atomic E-state index is 14.2. The van der Waals surface area contributed by atoms with E-state index >= 15 is 0 Å². The lowest BCUT2D eigenvalue weighted by Crippen LogP contribution is -2.60. The van der Waals surface area contributed by atoms with E-state index in [0.717, 1.165) is 5.56 Å². The van der Waals surface area contributed by atoms with Crippen molar-refractivity contribution in [1.82, 2.24) is 13.8 Å². The zero-order valence-electron chi connectivity index (χ0n) is 35.1. The molecule has 2 aromatic carbocycles. The Morgan fingerprint density at radius 3 is 2.00 bits per heavy atom. The molecule has 4 atom stereocenters. The number of aryl methyl sites for hydroxylation is 1. The summed E-state index contributed by atoms with van der Waals surface area (Å²) < 4.78 is 55.6. The van der Waals surface area contributed by atoms with Crippen molar-refractivity contribution in [2.75, 3.05) is 20.8 Å². The van der Waals surface area contributed by atoms with E-state index in [2.05, 4.69) is 71.6 Å². The number of carbonyl (C=O) groups is 1. The highest BCUT2D eigenvalue weighted by Crippen LogP contribution is 2.49. The highest BCUT2D eigenvalue weighted by molar-refractivity contribution is 7.44. The Kier molecular flexibility index (Phi) is 16.0. The molecule has 1 aliphatic rings. The minimum atomic E-state index is -3.87. The van der Waals surface area contributed by atoms with E-state index in [4.69, 9.17) is 35.6 Å². The fourth-order valence-corrected chi connectivity index (χ4v) is 16.1. The number of methoxy groups -OCH3 is 1. The number of ether oxygens (including phenoxy) is 2. The predicted molar refractivity (Wildman–Crippen MR) is 224 cm³/mol. The summed E-state index contributed by atoms with van der Waals surface area (Å²) in [5.41, 5.74) is -0.289. The van der Waals surface area contributed by atoms with Crippen LogP contribution in [0.3, 0.4) is 0 Å².